The number of rotatable bonds is 4. The minimum Gasteiger partial charge on any atom is -0.439 e. The Morgan fingerprint density at radius 1 is 1.38 bits per heavy atom. The third-order valence-electron chi connectivity index (χ3n) is 3.81. The van der Waals surface area contributed by atoms with Gasteiger partial charge in [0.1, 0.15) is 11.4 Å². The van der Waals surface area contributed by atoms with E-state index in [9.17, 15) is 4.79 Å². The Morgan fingerprint density at radius 3 is 2.85 bits per heavy atom. The van der Waals surface area contributed by atoms with Gasteiger partial charge in [-0.25, -0.2) is 4.98 Å². The summed E-state index contributed by atoms with van der Waals surface area (Å²) in [7, 11) is 1.42. The number of carbonyl (C=O) groups excluding carboxylic acids is 1. The van der Waals surface area contributed by atoms with Crippen molar-refractivity contribution in [3.05, 3.63) is 52.8 Å². The molecule has 0 saturated carbocycles. The van der Waals surface area contributed by atoms with Gasteiger partial charge in [-0.2, -0.15) is 0 Å². The first-order valence-electron chi connectivity index (χ1n) is 7.66. The molecule has 2 heterocycles. The van der Waals surface area contributed by atoms with Gasteiger partial charge in [0, 0.05) is 43.4 Å². The number of nitrogens with two attached hydrogens (primary N) is 2. The highest BCUT2D eigenvalue weighted by Crippen LogP contribution is 2.32. The van der Waals surface area contributed by atoms with Crippen molar-refractivity contribution in [1.82, 2.24) is 14.9 Å². The van der Waals surface area contributed by atoms with Gasteiger partial charge in [0.25, 0.3) is 5.91 Å². The highest BCUT2D eigenvalue weighted by Gasteiger charge is 2.18. The maximum absolute atomic E-state index is 12.3. The quantitative estimate of drug-likeness (QED) is 0.412. The number of carbonyl (C=O) groups is 1. The average molecular weight is 373 g/mol. The van der Waals surface area contributed by atoms with Crippen LogP contribution in [0.2, 0.25) is 5.02 Å². The lowest BCUT2D eigenvalue weighted by Gasteiger charge is -2.12. The van der Waals surface area contributed by atoms with E-state index in [2.05, 4.69) is 9.97 Å². The van der Waals surface area contributed by atoms with Crippen molar-refractivity contribution in [2.75, 3.05) is 7.05 Å². The zero-order valence-corrected chi connectivity index (χ0v) is 14.7. The van der Waals surface area contributed by atoms with E-state index in [-0.39, 0.29) is 11.7 Å². The summed E-state index contributed by atoms with van der Waals surface area (Å²) >= 11 is 6.31. The summed E-state index contributed by atoms with van der Waals surface area (Å²) in [6, 6.07) is 8.50. The molecule has 0 bridgehead atoms. The van der Waals surface area contributed by atoms with E-state index in [1.54, 1.807) is 36.5 Å². The summed E-state index contributed by atoms with van der Waals surface area (Å²) in [5, 5.41) is 8.42. The summed E-state index contributed by atoms with van der Waals surface area (Å²) in [4.78, 5) is 20.4. The second-order valence-electron chi connectivity index (χ2n) is 5.61. The first kappa shape index (κ1) is 17.7. The predicted molar refractivity (Wildman–Crippen MR) is 99.5 cm³/mol. The fourth-order valence-electron chi connectivity index (χ4n) is 2.39. The number of pyridine rings is 1. The molecule has 0 spiro atoms. The number of fused-ring (bicyclic) bond motifs is 1. The van der Waals surface area contributed by atoms with Crippen LogP contribution in [0.3, 0.4) is 0 Å². The second-order valence-corrected chi connectivity index (χ2v) is 6.01. The predicted octanol–water partition coefficient (Wildman–Crippen LogP) is 2.43. The zero-order chi connectivity index (χ0) is 18.8. The van der Waals surface area contributed by atoms with Crippen LogP contribution in [0, 0.1) is 5.41 Å². The van der Waals surface area contributed by atoms with E-state index in [4.69, 9.17) is 33.2 Å². The standard InChI is InChI=1S/C17H17ClN6O2/c1-24(17(20)21)16(25)14-7-11-12(18)5-10(6-13(11)23-14)26-15-4-9(8-19)2-3-22-15/h2-7,23H,8,19H2,1H3,(H3,20,21). The number of guanidine groups is 1. The van der Waals surface area contributed by atoms with Crippen LogP contribution in [-0.2, 0) is 6.54 Å². The maximum Gasteiger partial charge on any atom is 0.276 e. The van der Waals surface area contributed by atoms with Crippen LogP contribution in [0.5, 0.6) is 11.6 Å². The number of ether oxygens (including phenoxy) is 1. The first-order valence-corrected chi connectivity index (χ1v) is 8.04. The average Bonchev–Trinajstić information content (AvgIpc) is 3.05. The lowest BCUT2D eigenvalue weighted by Crippen LogP contribution is -2.38. The van der Waals surface area contributed by atoms with Gasteiger partial charge in [0.05, 0.1) is 10.5 Å². The topological polar surface area (TPSA) is 134 Å². The number of nitrogens with one attached hydrogen (secondary N) is 2. The van der Waals surface area contributed by atoms with Crippen molar-refractivity contribution in [1.29, 1.82) is 5.41 Å². The molecule has 2 aromatic heterocycles. The molecule has 0 aliphatic heterocycles. The Kier molecular flexibility index (Phi) is 4.79. The van der Waals surface area contributed by atoms with Gasteiger partial charge in [-0.3, -0.25) is 15.1 Å². The number of nitrogens with zero attached hydrogens (tertiary/aromatic N) is 2. The molecule has 8 nitrogen and oxygen atoms in total. The second kappa shape index (κ2) is 7.03. The first-order chi connectivity index (χ1) is 12.4. The summed E-state index contributed by atoms with van der Waals surface area (Å²) in [6.45, 7) is 0.379. The van der Waals surface area contributed by atoms with Gasteiger partial charge in [-0.15, -0.1) is 0 Å². The molecule has 3 rings (SSSR count). The molecule has 1 amide bonds. The number of hydrogen-bond acceptors (Lipinski definition) is 5. The maximum atomic E-state index is 12.3. The highest BCUT2D eigenvalue weighted by molar-refractivity contribution is 6.35. The molecule has 1 aromatic carbocycles. The van der Waals surface area contributed by atoms with Crippen LogP contribution < -0.4 is 16.2 Å². The number of aromatic nitrogens is 2. The van der Waals surface area contributed by atoms with E-state index < -0.39 is 5.91 Å². The molecular weight excluding hydrogens is 356 g/mol. The monoisotopic (exact) mass is 372 g/mol. The molecule has 9 heteroatoms. The van der Waals surface area contributed by atoms with Gasteiger partial charge in [-0.1, -0.05) is 11.6 Å². The lowest BCUT2D eigenvalue weighted by molar-refractivity contribution is 0.0864. The van der Waals surface area contributed by atoms with Gasteiger partial charge < -0.3 is 21.2 Å². The Morgan fingerprint density at radius 2 is 2.15 bits per heavy atom. The Balaban J connectivity index is 1.94. The summed E-state index contributed by atoms with van der Waals surface area (Å²) in [6.07, 6.45) is 1.61. The molecule has 134 valence electrons. The molecule has 0 aliphatic rings. The van der Waals surface area contributed by atoms with E-state index in [1.807, 2.05) is 0 Å². The summed E-state index contributed by atoms with van der Waals surface area (Å²) in [5.74, 6) is 0.0617. The SMILES string of the molecule is CN(C(=N)N)C(=O)c1cc2c(Cl)cc(Oc3cc(CN)ccn3)cc2[nH]1. The van der Waals surface area contributed by atoms with Crippen molar-refractivity contribution in [2.45, 2.75) is 6.54 Å². The molecule has 0 unspecified atom stereocenters. The Bertz CT molecular complexity index is 1000. The summed E-state index contributed by atoms with van der Waals surface area (Å²) in [5.41, 5.74) is 12.7. The van der Waals surface area contributed by atoms with Crippen molar-refractivity contribution in [3.63, 3.8) is 0 Å². The van der Waals surface area contributed by atoms with Crippen LogP contribution in [0.15, 0.2) is 36.5 Å². The van der Waals surface area contributed by atoms with Crippen LogP contribution >= 0.6 is 11.6 Å². The van der Waals surface area contributed by atoms with Crippen LogP contribution in [0.25, 0.3) is 10.9 Å². The van der Waals surface area contributed by atoms with E-state index in [1.165, 1.54) is 7.05 Å². The minimum atomic E-state index is -0.440. The smallest absolute Gasteiger partial charge is 0.276 e. The van der Waals surface area contributed by atoms with Gasteiger partial charge in [0.15, 0.2) is 5.96 Å². The molecule has 0 aliphatic carbocycles. The van der Waals surface area contributed by atoms with Crippen LogP contribution in [0.4, 0.5) is 0 Å². The number of hydrogen-bond donors (Lipinski definition) is 4. The molecule has 3 aromatic rings. The normalized spacial score (nSPS) is 10.7. The number of amides is 1. The molecule has 6 N–H and O–H groups in total. The molecule has 0 fully saturated rings. The highest BCUT2D eigenvalue weighted by atomic mass is 35.5. The van der Waals surface area contributed by atoms with Gasteiger partial charge in [-0.05, 0) is 17.7 Å². The fourth-order valence-corrected chi connectivity index (χ4v) is 2.65. The number of aromatic amines is 1. The summed E-state index contributed by atoms with van der Waals surface area (Å²) < 4.78 is 5.74. The molecule has 0 atom stereocenters. The third kappa shape index (κ3) is 3.46. The number of benzene rings is 1. The fraction of sp³-hybridized carbons (Fsp3) is 0.118. The Hall–Kier alpha value is -3.10. The molecular formula is C17H17ClN6O2. The third-order valence-corrected chi connectivity index (χ3v) is 4.13. The Labute approximate surface area is 154 Å². The van der Waals surface area contributed by atoms with Crippen LogP contribution in [-0.4, -0.2) is 33.8 Å². The van der Waals surface area contributed by atoms with Gasteiger partial charge in [0.2, 0.25) is 5.88 Å². The van der Waals surface area contributed by atoms with E-state index >= 15 is 0 Å². The van der Waals surface area contributed by atoms with E-state index in [0.29, 0.717) is 34.1 Å². The lowest BCUT2D eigenvalue weighted by atomic mass is 10.2. The van der Waals surface area contributed by atoms with Crippen LogP contribution in [0.1, 0.15) is 16.1 Å². The zero-order valence-electron chi connectivity index (χ0n) is 13.9. The van der Waals surface area contributed by atoms with Crippen molar-refractivity contribution in [2.24, 2.45) is 11.5 Å². The molecule has 26 heavy (non-hydrogen) atoms. The molecule has 0 saturated heterocycles. The number of H-pyrrole nitrogens is 1. The molecule has 0 radical (unpaired) electrons. The number of halogens is 1. The van der Waals surface area contributed by atoms with Crippen molar-refractivity contribution >= 4 is 34.4 Å². The van der Waals surface area contributed by atoms with Crippen molar-refractivity contribution in [3.8, 4) is 11.6 Å². The van der Waals surface area contributed by atoms with Crippen molar-refractivity contribution < 1.29 is 9.53 Å². The van der Waals surface area contributed by atoms with Gasteiger partial charge >= 0.3 is 0 Å². The van der Waals surface area contributed by atoms with E-state index in [0.717, 1.165) is 10.5 Å². The largest absolute Gasteiger partial charge is 0.439 e. The minimum absolute atomic E-state index is 0.264.